The second-order valence-electron chi connectivity index (χ2n) is 14.6. The van der Waals surface area contributed by atoms with Gasteiger partial charge in [0.1, 0.15) is 5.75 Å². The molecule has 0 aliphatic carbocycles. The Kier molecular flexibility index (Phi) is 9.70. The number of anilines is 1. The van der Waals surface area contributed by atoms with Crippen LogP contribution in [0.1, 0.15) is 83.4 Å². The standard InChI is InChI=1S/C36H48BN5O6/c1-23-20-26(10-13-29(23)37-47-35(2,3)36(4,5)48-37)46-19-7-8-24-15-17-42(18-16-24)22-32(44)38-25-9-11-27-30(21-25)41(6)40-33(27)28-12-14-31(43)39-34(28)45/h9-11,13,20-21,24,28H,7-8,12,14-19,22H2,1-6H3,(H,38,44)(H,39,43,45). The molecule has 4 heterocycles. The number of nitrogens with zero attached hydrogens (tertiary/aromatic N) is 3. The van der Waals surface area contributed by atoms with Gasteiger partial charge >= 0.3 is 7.12 Å². The first-order valence-electron chi connectivity index (χ1n) is 17.2. The van der Waals surface area contributed by atoms with E-state index in [4.69, 9.17) is 14.0 Å². The fraction of sp³-hybridized carbons (Fsp3) is 0.556. The van der Waals surface area contributed by atoms with Crippen LogP contribution in [0.15, 0.2) is 36.4 Å². The Balaban J connectivity index is 0.915. The van der Waals surface area contributed by atoms with Crippen LogP contribution >= 0.6 is 0 Å². The van der Waals surface area contributed by atoms with Gasteiger partial charge in [-0.15, -0.1) is 0 Å². The first-order chi connectivity index (χ1) is 22.8. The molecule has 11 nitrogen and oxygen atoms in total. The number of rotatable bonds is 10. The Morgan fingerprint density at radius 1 is 1.06 bits per heavy atom. The summed E-state index contributed by atoms with van der Waals surface area (Å²) in [4.78, 5) is 39.2. The smallest absolute Gasteiger partial charge is 0.494 e. The van der Waals surface area contributed by atoms with Crippen molar-refractivity contribution in [3.05, 3.63) is 47.7 Å². The molecule has 2 N–H and O–H groups in total. The number of ether oxygens (including phenoxy) is 1. The minimum Gasteiger partial charge on any atom is -0.494 e. The van der Waals surface area contributed by atoms with Crippen molar-refractivity contribution in [1.29, 1.82) is 0 Å². The second kappa shape index (κ2) is 13.6. The zero-order valence-corrected chi connectivity index (χ0v) is 29.1. The van der Waals surface area contributed by atoms with Gasteiger partial charge in [0.2, 0.25) is 17.7 Å². The number of piperidine rings is 2. The first-order valence-corrected chi connectivity index (χ1v) is 17.2. The number of aryl methyl sites for hydroxylation is 2. The topological polar surface area (TPSA) is 124 Å². The number of carbonyl (C=O) groups excluding carboxylic acids is 3. The number of hydrogen-bond donors (Lipinski definition) is 2. The predicted molar refractivity (Wildman–Crippen MR) is 185 cm³/mol. The minimum absolute atomic E-state index is 0.0476. The molecule has 0 bridgehead atoms. The van der Waals surface area contributed by atoms with E-state index in [1.165, 1.54) is 0 Å². The molecular formula is C36H48BN5O6. The minimum atomic E-state index is -0.460. The van der Waals surface area contributed by atoms with Crippen LogP contribution in [0.5, 0.6) is 5.75 Å². The maximum absolute atomic E-state index is 12.9. The van der Waals surface area contributed by atoms with Gasteiger partial charge in [0.15, 0.2) is 0 Å². The quantitative estimate of drug-likeness (QED) is 0.189. The van der Waals surface area contributed by atoms with Gasteiger partial charge in [0.25, 0.3) is 0 Å². The first kappa shape index (κ1) is 34.1. The highest BCUT2D eigenvalue weighted by Gasteiger charge is 2.52. The number of carbonyl (C=O) groups is 3. The molecule has 0 spiro atoms. The van der Waals surface area contributed by atoms with Crippen LogP contribution < -0.4 is 20.8 Å². The maximum Gasteiger partial charge on any atom is 0.495 e. The number of likely N-dealkylation sites (tertiary alicyclic amines) is 1. The van der Waals surface area contributed by atoms with Gasteiger partial charge in [0, 0.05) is 24.5 Å². The lowest BCUT2D eigenvalue weighted by atomic mass is 9.76. The van der Waals surface area contributed by atoms with Crippen LogP contribution in [0.25, 0.3) is 10.9 Å². The number of amides is 3. The molecule has 3 aromatic rings. The van der Waals surface area contributed by atoms with E-state index in [-0.39, 0.29) is 36.0 Å². The number of nitrogens with one attached hydrogen (secondary N) is 2. The van der Waals surface area contributed by atoms with Crippen LogP contribution in [0.3, 0.4) is 0 Å². The Bertz CT molecular complexity index is 1680. The fourth-order valence-corrected chi connectivity index (χ4v) is 6.95. The van der Waals surface area contributed by atoms with Crippen molar-refractivity contribution in [2.24, 2.45) is 13.0 Å². The van der Waals surface area contributed by atoms with E-state index in [1.807, 2.05) is 31.3 Å². The maximum atomic E-state index is 12.9. The lowest BCUT2D eigenvalue weighted by molar-refractivity contribution is -0.134. The summed E-state index contributed by atoms with van der Waals surface area (Å²) in [5, 5.41) is 10.9. The van der Waals surface area contributed by atoms with Gasteiger partial charge in [-0.2, -0.15) is 5.10 Å². The zero-order chi connectivity index (χ0) is 34.2. The lowest BCUT2D eigenvalue weighted by Gasteiger charge is -2.32. The average Bonchev–Trinajstić information content (AvgIpc) is 3.45. The fourth-order valence-electron chi connectivity index (χ4n) is 6.95. The van der Waals surface area contributed by atoms with E-state index in [1.54, 1.807) is 4.68 Å². The number of imide groups is 1. The number of fused-ring (bicyclic) bond motifs is 1. The molecule has 1 atom stereocenters. The third-order valence-corrected chi connectivity index (χ3v) is 10.6. The number of benzene rings is 2. The molecule has 0 radical (unpaired) electrons. The van der Waals surface area contributed by atoms with E-state index in [0.717, 1.165) is 66.5 Å². The molecule has 256 valence electrons. The van der Waals surface area contributed by atoms with E-state index in [2.05, 4.69) is 67.4 Å². The van der Waals surface area contributed by atoms with Gasteiger partial charge in [-0.25, -0.2) is 0 Å². The van der Waals surface area contributed by atoms with E-state index in [0.29, 0.717) is 43.3 Å². The summed E-state index contributed by atoms with van der Waals surface area (Å²) < 4.78 is 20.3. The summed E-state index contributed by atoms with van der Waals surface area (Å²) >= 11 is 0. The largest absolute Gasteiger partial charge is 0.495 e. The van der Waals surface area contributed by atoms with Gasteiger partial charge in [-0.1, -0.05) is 6.07 Å². The average molecular weight is 658 g/mol. The van der Waals surface area contributed by atoms with Crippen LogP contribution in [-0.4, -0.2) is 77.0 Å². The Morgan fingerprint density at radius 2 is 1.79 bits per heavy atom. The highest BCUT2D eigenvalue weighted by molar-refractivity contribution is 6.62. The number of hydrogen-bond acceptors (Lipinski definition) is 8. The Morgan fingerprint density at radius 3 is 2.48 bits per heavy atom. The Labute approximate surface area is 283 Å². The molecule has 3 aliphatic heterocycles. The molecule has 3 aliphatic rings. The van der Waals surface area contributed by atoms with E-state index in [9.17, 15) is 14.4 Å². The van der Waals surface area contributed by atoms with Gasteiger partial charge in [-0.05, 0) is 127 Å². The molecule has 3 fully saturated rings. The second-order valence-corrected chi connectivity index (χ2v) is 14.6. The molecule has 3 saturated heterocycles. The Hall–Kier alpha value is -3.74. The summed E-state index contributed by atoms with van der Waals surface area (Å²) in [6, 6.07) is 11.8. The van der Waals surface area contributed by atoms with Gasteiger partial charge in [-0.3, -0.25) is 29.3 Å². The van der Waals surface area contributed by atoms with E-state index >= 15 is 0 Å². The van der Waals surface area contributed by atoms with E-state index < -0.39 is 5.92 Å². The van der Waals surface area contributed by atoms with Crippen LogP contribution in [-0.2, 0) is 30.7 Å². The lowest BCUT2D eigenvalue weighted by Crippen LogP contribution is -2.41. The molecule has 0 saturated carbocycles. The van der Waals surface area contributed by atoms with Crippen molar-refractivity contribution in [3.63, 3.8) is 0 Å². The molecule has 2 aromatic carbocycles. The summed E-state index contributed by atoms with van der Waals surface area (Å²) in [6.07, 6.45) is 4.98. The molecular weight excluding hydrogens is 609 g/mol. The van der Waals surface area contributed by atoms with Crippen molar-refractivity contribution < 1.29 is 28.4 Å². The highest BCUT2D eigenvalue weighted by Crippen LogP contribution is 2.37. The van der Waals surface area contributed by atoms with Gasteiger partial charge in [0.05, 0.1) is 41.5 Å². The van der Waals surface area contributed by atoms with Crippen molar-refractivity contribution in [3.8, 4) is 5.75 Å². The van der Waals surface area contributed by atoms with Crippen LogP contribution in [0.4, 0.5) is 5.69 Å². The summed E-state index contributed by atoms with van der Waals surface area (Å²) in [6.45, 7) is 13.2. The van der Waals surface area contributed by atoms with Crippen molar-refractivity contribution in [2.45, 2.75) is 90.3 Å². The van der Waals surface area contributed by atoms with Crippen molar-refractivity contribution in [2.75, 3.05) is 31.6 Å². The third kappa shape index (κ3) is 7.30. The van der Waals surface area contributed by atoms with Crippen molar-refractivity contribution >= 4 is 46.9 Å². The molecule has 1 aromatic heterocycles. The monoisotopic (exact) mass is 657 g/mol. The molecule has 1 unspecified atom stereocenters. The summed E-state index contributed by atoms with van der Waals surface area (Å²) in [5.74, 6) is 0.435. The zero-order valence-electron chi connectivity index (χ0n) is 29.1. The highest BCUT2D eigenvalue weighted by atomic mass is 16.7. The number of aromatic nitrogens is 2. The van der Waals surface area contributed by atoms with Crippen LogP contribution in [0.2, 0.25) is 0 Å². The van der Waals surface area contributed by atoms with Crippen molar-refractivity contribution in [1.82, 2.24) is 20.0 Å². The van der Waals surface area contributed by atoms with Crippen LogP contribution in [0, 0.1) is 12.8 Å². The summed E-state index contributed by atoms with van der Waals surface area (Å²) in [5.41, 5.74) is 3.57. The molecule has 12 heteroatoms. The van der Waals surface area contributed by atoms with Gasteiger partial charge < -0.3 is 19.4 Å². The molecule has 6 rings (SSSR count). The summed E-state index contributed by atoms with van der Waals surface area (Å²) in [7, 11) is 1.44. The normalized spacial score (nSPS) is 21.5. The molecule has 48 heavy (non-hydrogen) atoms. The molecule has 3 amide bonds. The third-order valence-electron chi connectivity index (χ3n) is 10.6. The SMILES string of the molecule is Cc1cc(OCCCC2CCN(CC(=O)Nc3ccc4c(C5CCC(=O)NC5=O)nn(C)c4c3)CC2)ccc1B1OC(C)(C)C(C)(C)O1. The predicted octanol–water partition coefficient (Wildman–Crippen LogP) is 4.21.